The summed E-state index contributed by atoms with van der Waals surface area (Å²) in [6.45, 7) is 2.14. The Hall–Kier alpha value is -2.66. The Kier molecular flexibility index (Phi) is 5.41. The summed E-state index contributed by atoms with van der Waals surface area (Å²) in [6.07, 6.45) is 2.62. The predicted molar refractivity (Wildman–Crippen MR) is 115 cm³/mol. The van der Waals surface area contributed by atoms with Gasteiger partial charge in [0, 0.05) is 32.2 Å². The summed E-state index contributed by atoms with van der Waals surface area (Å²) in [4.78, 5) is 30.5. The maximum atomic E-state index is 13.5. The second-order valence-corrected chi connectivity index (χ2v) is 8.36. The van der Waals surface area contributed by atoms with Gasteiger partial charge in [0.2, 0.25) is 11.8 Å². The van der Waals surface area contributed by atoms with Crippen LogP contribution in [0.4, 0.5) is 5.69 Å². The standard InChI is InChI=1S/C24H29N3O2/c1-26-21-10-6-5-9-20(21)24(23(26)29,15-18-7-3-2-4-8-18)16-22(28)27-13-11-19(17-25)12-14-27/h2-10,19H,11-17,25H2,1H3/t24-/m0/s1. The van der Waals surface area contributed by atoms with Crippen LogP contribution in [0.3, 0.4) is 0 Å². The minimum Gasteiger partial charge on any atom is -0.343 e. The lowest BCUT2D eigenvalue weighted by Crippen LogP contribution is -2.47. The molecule has 2 aliphatic heterocycles. The Balaban J connectivity index is 1.67. The number of hydrogen-bond donors (Lipinski definition) is 1. The SMILES string of the molecule is CN1C(=O)[C@](CC(=O)N2CCC(CN)CC2)(Cc2ccccc2)c2ccccc21. The lowest BCUT2D eigenvalue weighted by atomic mass is 9.73. The Labute approximate surface area is 172 Å². The van der Waals surface area contributed by atoms with Crippen LogP contribution >= 0.6 is 0 Å². The highest BCUT2D eigenvalue weighted by molar-refractivity contribution is 6.09. The van der Waals surface area contributed by atoms with Gasteiger partial charge in [-0.2, -0.15) is 0 Å². The molecule has 1 atom stereocenters. The largest absolute Gasteiger partial charge is 0.343 e. The van der Waals surface area contributed by atoms with Gasteiger partial charge in [-0.15, -0.1) is 0 Å². The molecule has 0 spiro atoms. The molecule has 1 fully saturated rings. The smallest absolute Gasteiger partial charge is 0.238 e. The van der Waals surface area contributed by atoms with Crippen LogP contribution in [0.5, 0.6) is 0 Å². The zero-order chi connectivity index (χ0) is 20.4. The van der Waals surface area contributed by atoms with Crippen LogP contribution in [0.25, 0.3) is 0 Å². The molecule has 152 valence electrons. The van der Waals surface area contributed by atoms with E-state index >= 15 is 0 Å². The number of hydrogen-bond acceptors (Lipinski definition) is 3. The Morgan fingerprint density at radius 2 is 1.72 bits per heavy atom. The summed E-state index contributed by atoms with van der Waals surface area (Å²) in [7, 11) is 1.81. The molecule has 0 unspecified atom stereocenters. The zero-order valence-corrected chi connectivity index (χ0v) is 17.0. The van der Waals surface area contributed by atoms with E-state index in [-0.39, 0.29) is 18.2 Å². The number of carbonyl (C=O) groups is 2. The molecule has 2 heterocycles. The predicted octanol–water partition coefficient (Wildman–Crippen LogP) is 2.73. The minimum absolute atomic E-state index is 0.00717. The lowest BCUT2D eigenvalue weighted by Gasteiger charge is -2.35. The average Bonchev–Trinajstić information content (AvgIpc) is 2.97. The van der Waals surface area contributed by atoms with Crippen LogP contribution in [0, 0.1) is 5.92 Å². The number of likely N-dealkylation sites (N-methyl/N-ethyl adjacent to an activating group) is 1. The molecule has 2 amide bonds. The fraction of sp³-hybridized carbons (Fsp3) is 0.417. The molecule has 0 bridgehead atoms. The first-order valence-corrected chi connectivity index (χ1v) is 10.4. The maximum absolute atomic E-state index is 13.5. The molecule has 2 aromatic carbocycles. The van der Waals surface area contributed by atoms with E-state index in [0.29, 0.717) is 18.9 Å². The monoisotopic (exact) mass is 391 g/mol. The van der Waals surface area contributed by atoms with Crippen molar-refractivity contribution in [2.24, 2.45) is 11.7 Å². The molecule has 2 N–H and O–H groups in total. The molecule has 4 rings (SSSR count). The summed E-state index contributed by atoms with van der Waals surface area (Å²) in [5.41, 5.74) is 7.88. The topological polar surface area (TPSA) is 66.6 Å². The summed E-state index contributed by atoms with van der Waals surface area (Å²) < 4.78 is 0. The van der Waals surface area contributed by atoms with E-state index in [4.69, 9.17) is 5.73 Å². The first kappa shape index (κ1) is 19.6. The highest BCUT2D eigenvalue weighted by atomic mass is 16.2. The number of amides is 2. The highest BCUT2D eigenvalue weighted by Crippen LogP contribution is 2.46. The Bertz CT molecular complexity index is 890. The Morgan fingerprint density at radius 3 is 2.41 bits per heavy atom. The third-order valence-electron chi connectivity index (χ3n) is 6.60. The van der Waals surface area contributed by atoms with Crippen molar-refractivity contribution in [1.82, 2.24) is 4.90 Å². The minimum atomic E-state index is -0.853. The molecular formula is C24H29N3O2. The van der Waals surface area contributed by atoms with Crippen LogP contribution in [-0.2, 0) is 21.4 Å². The second-order valence-electron chi connectivity index (χ2n) is 8.36. The van der Waals surface area contributed by atoms with Crippen molar-refractivity contribution < 1.29 is 9.59 Å². The first-order chi connectivity index (χ1) is 14.0. The summed E-state index contributed by atoms with van der Waals surface area (Å²) in [5, 5.41) is 0. The van der Waals surface area contributed by atoms with Gasteiger partial charge in [-0.1, -0.05) is 48.5 Å². The van der Waals surface area contributed by atoms with E-state index in [0.717, 1.165) is 42.7 Å². The van der Waals surface area contributed by atoms with Crippen molar-refractivity contribution in [3.63, 3.8) is 0 Å². The van der Waals surface area contributed by atoms with E-state index < -0.39 is 5.41 Å². The number of anilines is 1. The van der Waals surface area contributed by atoms with Gasteiger partial charge >= 0.3 is 0 Å². The molecule has 5 nitrogen and oxygen atoms in total. The van der Waals surface area contributed by atoms with Gasteiger partial charge in [-0.3, -0.25) is 9.59 Å². The van der Waals surface area contributed by atoms with Gasteiger partial charge in [0.05, 0.1) is 5.41 Å². The average molecular weight is 392 g/mol. The third kappa shape index (κ3) is 3.55. The molecule has 2 aliphatic rings. The van der Waals surface area contributed by atoms with E-state index in [9.17, 15) is 9.59 Å². The number of fused-ring (bicyclic) bond motifs is 1. The van der Waals surface area contributed by atoms with Crippen molar-refractivity contribution >= 4 is 17.5 Å². The van der Waals surface area contributed by atoms with Gasteiger partial charge in [-0.25, -0.2) is 0 Å². The van der Waals surface area contributed by atoms with Crippen LogP contribution in [-0.4, -0.2) is 43.4 Å². The molecule has 29 heavy (non-hydrogen) atoms. The molecule has 0 radical (unpaired) electrons. The van der Waals surface area contributed by atoms with Gasteiger partial charge in [0.1, 0.15) is 0 Å². The summed E-state index contributed by atoms with van der Waals surface area (Å²) in [5.74, 6) is 0.569. The summed E-state index contributed by atoms with van der Waals surface area (Å²) >= 11 is 0. The zero-order valence-electron chi connectivity index (χ0n) is 17.0. The highest BCUT2D eigenvalue weighted by Gasteiger charge is 2.51. The molecule has 0 aromatic heterocycles. The second kappa shape index (κ2) is 7.99. The van der Waals surface area contributed by atoms with Crippen molar-refractivity contribution in [3.8, 4) is 0 Å². The van der Waals surface area contributed by atoms with Gasteiger partial charge in [-0.05, 0) is 48.9 Å². The van der Waals surface area contributed by atoms with E-state index in [1.165, 1.54) is 0 Å². The van der Waals surface area contributed by atoms with Crippen LogP contribution in [0.15, 0.2) is 54.6 Å². The molecule has 1 saturated heterocycles. The van der Waals surface area contributed by atoms with E-state index in [1.54, 1.807) is 4.90 Å². The van der Waals surface area contributed by atoms with Crippen molar-refractivity contribution in [2.45, 2.75) is 31.1 Å². The number of rotatable bonds is 5. The summed E-state index contributed by atoms with van der Waals surface area (Å²) in [6, 6.07) is 17.9. The number of benzene rings is 2. The quantitative estimate of drug-likeness (QED) is 0.852. The number of piperidine rings is 1. The van der Waals surface area contributed by atoms with Crippen molar-refractivity contribution in [2.75, 3.05) is 31.6 Å². The van der Waals surface area contributed by atoms with Crippen LogP contribution in [0.2, 0.25) is 0 Å². The normalized spacial score (nSPS) is 22.1. The molecule has 0 aliphatic carbocycles. The van der Waals surface area contributed by atoms with Crippen LogP contribution < -0.4 is 10.6 Å². The van der Waals surface area contributed by atoms with E-state index in [1.807, 2.05) is 66.5 Å². The number of likely N-dealkylation sites (tertiary alicyclic amines) is 1. The maximum Gasteiger partial charge on any atom is 0.238 e. The number of nitrogens with two attached hydrogens (primary N) is 1. The number of para-hydroxylation sites is 1. The van der Waals surface area contributed by atoms with Gasteiger partial charge < -0.3 is 15.5 Å². The number of nitrogens with zero attached hydrogens (tertiary/aromatic N) is 2. The van der Waals surface area contributed by atoms with Gasteiger partial charge in [0.15, 0.2) is 0 Å². The molecular weight excluding hydrogens is 362 g/mol. The number of carbonyl (C=O) groups excluding carboxylic acids is 2. The molecule has 5 heteroatoms. The fourth-order valence-corrected chi connectivity index (χ4v) is 4.85. The van der Waals surface area contributed by atoms with E-state index in [2.05, 4.69) is 0 Å². The first-order valence-electron chi connectivity index (χ1n) is 10.4. The third-order valence-corrected chi connectivity index (χ3v) is 6.60. The van der Waals surface area contributed by atoms with Crippen molar-refractivity contribution in [1.29, 1.82) is 0 Å². The van der Waals surface area contributed by atoms with Gasteiger partial charge in [0.25, 0.3) is 0 Å². The lowest BCUT2D eigenvalue weighted by molar-refractivity contribution is -0.137. The molecule has 2 aromatic rings. The Morgan fingerprint density at radius 1 is 1.07 bits per heavy atom. The molecule has 0 saturated carbocycles. The fourth-order valence-electron chi connectivity index (χ4n) is 4.85. The van der Waals surface area contributed by atoms with Crippen LogP contribution in [0.1, 0.15) is 30.4 Å². The van der Waals surface area contributed by atoms with Crippen molar-refractivity contribution in [3.05, 3.63) is 65.7 Å².